The maximum Gasteiger partial charge on any atom is 0.114 e. The number of hydrogen-bond acceptors (Lipinski definition) is 2. The Bertz CT molecular complexity index is 449. The number of amidine groups is 1. The molecule has 0 spiro atoms. The molecule has 0 saturated carbocycles. The Morgan fingerprint density at radius 3 is 3.29 bits per heavy atom. The van der Waals surface area contributed by atoms with Gasteiger partial charge in [0.2, 0.25) is 0 Å². The zero-order valence-corrected chi connectivity index (χ0v) is 9.08. The average Bonchev–Trinajstić information content (AvgIpc) is 2.57. The molecule has 0 radical (unpaired) electrons. The molecule has 0 aromatic heterocycles. The molecule has 0 fully saturated rings. The molecule has 3 rings (SSSR count). The van der Waals surface area contributed by atoms with Crippen LogP contribution in [0.15, 0.2) is 39.9 Å². The highest BCUT2D eigenvalue weighted by molar-refractivity contribution is 9.10. The third-order valence-electron chi connectivity index (χ3n) is 2.69. The molecular formula is C11H9BrN2. The monoisotopic (exact) mass is 248 g/mol. The van der Waals surface area contributed by atoms with Gasteiger partial charge in [-0.3, -0.25) is 0 Å². The van der Waals surface area contributed by atoms with Gasteiger partial charge in [0.15, 0.2) is 0 Å². The minimum absolute atomic E-state index is 0.422. The van der Waals surface area contributed by atoms with E-state index in [2.05, 4.69) is 44.4 Å². The maximum absolute atomic E-state index is 4.35. The van der Waals surface area contributed by atoms with Gasteiger partial charge in [-0.2, -0.15) is 0 Å². The number of rotatable bonds is 0. The molecule has 70 valence electrons. The SMILES string of the molecule is Brc1cccc2c1C1CC=CN=C1N2. The van der Waals surface area contributed by atoms with Crippen LogP contribution in [-0.4, -0.2) is 5.84 Å². The molecule has 2 aliphatic rings. The van der Waals surface area contributed by atoms with E-state index in [9.17, 15) is 0 Å². The Morgan fingerprint density at radius 1 is 1.43 bits per heavy atom. The van der Waals surface area contributed by atoms with Gasteiger partial charge in [0, 0.05) is 27.8 Å². The molecule has 1 N–H and O–H groups in total. The van der Waals surface area contributed by atoms with Gasteiger partial charge in [0.05, 0.1) is 0 Å². The number of nitrogens with zero attached hydrogens (tertiary/aromatic N) is 1. The van der Waals surface area contributed by atoms with E-state index in [0.29, 0.717) is 5.92 Å². The zero-order valence-electron chi connectivity index (χ0n) is 7.50. The average molecular weight is 249 g/mol. The third-order valence-corrected chi connectivity index (χ3v) is 3.38. The van der Waals surface area contributed by atoms with E-state index in [1.165, 1.54) is 15.7 Å². The lowest BCUT2D eigenvalue weighted by Crippen LogP contribution is -2.13. The number of anilines is 1. The normalized spacial score (nSPS) is 22.4. The molecule has 1 atom stereocenters. The summed E-state index contributed by atoms with van der Waals surface area (Å²) in [5.74, 6) is 1.50. The van der Waals surface area contributed by atoms with E-state index in [0.717, 1.165) is 12.3 Å². The maximum atomic E-state index is 4.35. The summed E-state index contributed by atoms with van der Waals surface area (Å²) in [5.41, 5.74) is 2.53. The summed E-state index contributed by atoms with van der Waals surface area (Å²) in [6.45, 7) is 0. The van der Waals surface area contributed by atoms with Crippen molar-refractivity contribution in [1.29, 1.82) is 0 Å². The first-order chi connectivity index (χ1) is 6.86. The fourth-order valence-corrected chi connectivity index (χ4v) is 2.69. The summed E-state index contributed by atoms with van der Waals surface area (Å²) in [7, 11) is 0. The van der Waals surface area contributed by atoms with Crippen LogP contribution < -0.4 is 5.32 Å². The van der Waals surface area contributed by atoms with Crippen LogP contribution in [0.1, 0.15) is 17.9 Å². The van der Waals surface area contributed by atoms with Gasteiger partial charge in [-0.1, -0.05) is 28.1 Å². The number of nitrogens with one attached hydrogen (secondary N) is 1. The minimum Gasteiger partial charge on any atom is -0.343 e. The van der Waals surface area contributed by atoms with E-state index in [1.54, 1.807) is 0 Å². The van der Waals surface area contributed by atoms with Crippen molar-refractivity contribution >= 4 is 27.5 Å². The van der Waals surface area contributed by atoms with Gasteiger partial charge in [-0.15, -0.1) is 0 Å². The van der Waals surface area contributed by atoms with Gasteiger partial charge in [0.25, 0.3) is 0 Å². The van der Waals surface area contributed by atoms with Crippen molar-refractivity contribution in [2.24, 2.45) is 4.99 Å². The summed E-state index contributed by atoms with van der Waals surface area (Å²) >= 11 is 3.59. The van der Waals surface area contributed by atoms with Crippen LogP contribution in [0.3, 0.4) is 0 Å². The Morgan fingerprint density at radius 2 is 2.36 bits per heavy atom. The summed E-state index contributed by atoms with van der Waals surface area (Å²) in [6, 6.07) is 6.23. The van der Waals surface area contributed by atoms with Crippen LogP contribution in [0.5, 0.6) is 0 Å². The van der Waals surface area contributed by atoms with Crippen LogP contribution in [0, 0.1) is 0 Å². The second kappa shape index (κ2) is 2.95. The number of aliphatic imine (C=N–C) groups is 1. The van der Waals surface area contributed by atoms with Crippen molar-refractivity contribution < 1.29 is 0 Å². The molecule has 2 aliphatic heterocycles. The summed E-state index contributed by atoms with van der Waals surface area (Å²) in [4.78, 5) is 4.35. The second-order valence-corrected chi connectivity index (χ2v) is 4.37. The number of halogens is 1. The first kappa shape index (κ1) is 8.24. The highest BCUT2D eigenvalue weighted by Crippen LogP contribution is 2.41. The summed E-state index contributed by atoms with van der Waals surface area (Å²) in [6.07, 6.45) is 5.03. The van der Waals surface area contributed by atoms with Crippen LogP contribution in [-0.2, 0) is 0 Å². The van der Waals surface area contributed by atoms with Crippen LogP contribution in [0.2, 0.25) is 0 Å². The van der Waals surface area contributed by atoms with Crippen molar-refractivity contribution in [3.05, 3.63) is 40.5 Å². The third kappa shape index (κ3) is 1.05. The number of hydrogen-bond donors (Lipinski definition) is 1. The molecule has 0 amide bonds. The molecule has 2 nitrogen and oxygen atoms in total. The lowest BCUT2D eigenvalue weighted by Gasteiger charge is -2.12. The largest absolute Gasteiger partial charge is 0.343 e. The van der Waals surface area contributed by atoms with Crippen molar-refractivity contribution in [2.45, 2.75) is 12.3 Å². The molecule has 14 heavy (non-hydrogen) atoms. The summed E-state index contributed by atoms with van der Waals surface area (Å²) in [5, 5.41) is 3.35. The number of allylic oxidation sites excluding steroid dienone is 1. The minimum atomic E-state index is 0.422. The lowest BCUT2D eigenvalue weighted by atomic mass is 9.96. The Hall–Kier alpha value is -1.09. The van der Waals surface area contributed by atoms with Gasteiger partial charge >= 0.3 is 0 Å². The molecular weight excluding hydrogens is 240 g/mol. The molecule has 2 heterocycles. The molecule has 0 saturated heterocycles. The van der Waals surface area contributed by atoms with Gasteiger partial charge in [-0.05, 0) is 18.6 Å². The lowest BCUT2D eigenvalue weighted by molar-refractivity contribution is 0.906. The molecule has 1 aromatic rings. The fraction of sp³-hybridized carbons (Fsp3) is 0.182. The van der Waals surface area contributed by atoms with E-state index >= 15 is 0 Å². The number of fused-ring (bicyclic) bond motifs is 3. The van der Waals surface area contributed by atoms with E-state index in [-0.39, 0.29) is 0 Å². The quantitative estimate of drug-likeness (QED) is 0.749. The topological polar surface area (TPSA) is 24.4 Å². The van der Waals surface area contributed by atoms with E-state index in [4.69, 9.17) is 0 Å². The Balaban J connectivity index is 2.18. The molecule has 3 heteroatoms. The van der Waals surface area contributed by atoms with Crippen LogP contribution >= 0.6 is 15.9 Å². The first-order valence-electron chi connectivity index (χ1n) is 4.64. The van der Waals surface area contributed by atoms with E-state index in [1.807, 2.05) is 12.3 Å². The van der Waals surface area contributed by atoms with Gasteiger partial charge < -0.3 is 5.32 Å². The summed E-state index contributed by atoms with van der Waals surface area (Å²) < 4.78 is 1.17. The van der Waals surface area contributed by atoms with Crippen molar-refractivity contribution in [1.82, 2.24) is 0 Å². The van der Waals surface area contributed by atoms with Crippen molar-refractivity contribution in [3.8, 4) is 0 Å². The predicted molar refractivity (Wildman–Crippen MR) is 61.7 cm³/mol. The highest BCUT2D eigenvalue weighted by Gasteiger charge is 2.30. The Kier molecular flexibility index (Phi) is 1.74. The van der Waals surface area contributed by atoms with E-state index < -0.39 is 0 Å². The predicted octanol–water partition coefficient (Wildman–Crippen LogP) is 3.27. The number of benzene rings is 1. The molecule has 1 unspecified atom stereocenters. The van der Waals surface area contributed by atoms with Gasteiger partial charge in [-0.25, -0.2) is 4.99 Å². The zero-order chi connectivity index (χ0) is 9.54. The smallest absolute Gasteiger partial charge is 0.114 e. The Labute approximate surface area is 90.9 Å². The van der Waals surface area contributed by atoms with Crippen LogP contribution in [0.4, 0.5) is 5.69 Å². The molecule has 0 aliphatic carbocycles. The highest BCUT2D eigenvalue weighted by atomic mass is 79.9. The first-order valence-corrected chi connectivity index (χ1v) is 5.43. The van der Waals surface area contributed by atoms with Gasteiger partial charge in [0.1, 0.15) is 5.84 Å². The van der Waals surface area contributed by atoms with Crippen molar-refractivity contribution in [3.63, 3.8) is 0 Å². The van der Waals surface area contributed by atoms with Crippen LogP contribution in [0.25, 0.3) is 0 Å². The standard InChI is InChI=1S/C11H9BrN2/c12-8-4-1-5-9-10(8)7-3-2-6-13-11(7)14-9/h1-2,4-7H,3H2,(H,13,14). The second-order valence-electron chi connectivity index (χ2n) is 3.51. The van der Waals surface area contributed by atoms with Crippen molar-refractivity contribution in [2.75, 3.05) is 5.32 Å². The fourth-order valence-electron chi connectivity index (χ4n) is 2.04. The molecule has 0 bridgehead atoms. The molecule has 1 aromatic carbocycles.